The van der Waals surface area contributed by atoms with Crippen LogP contribution in [-0.2, 0) is 0 Å². The number of benzene rings is 1. The molecule has 1 aromatic rings. The first kappa shape index (κ1) is 10.3. The van der Waals surface area contributed by atoms with E-state index in [9.17, 15) is 4.79 Å². The fourth-order valence-electron chi connectivity index (χ4n) is 1.08. The van der Waals surface area contributed by atoms with Gasteiger partial charge in [-0.3, -0.25) is 4.79 Å². The zero-order valence-corrected chi connectivity index (χ0v) is 8.15. The number of rotatable bonds is 3. The van der Waals surface area contributed by atoms with Crippen LogP contribution >= 0.6 is 0 Å². The van der Waals surface area contributed by atoms with E-state index >= 15 is 0 Å². The number of ether oxygens (including phenoxy) is 1. The van der Waals surface area contributed by atoms with Gasteiger partial charge in [0.25, 0.3) is 0 Å². The van der Waals surface area contributed by atoms with Crippen LogP contribution in [0.4, 0.5) is 0 Å². The molecule has 1 unspecified atom stereocenters. The maximum atomic E-state index is 10.7. The third-order valence-corrected chi connectivity index (χ3v) is 1.78. The second-order valence-electron chi connectivity index (χ2n) is 3.05. The number of hydrogen-bond acceptors (Lipinski definition) is 3. The summed E-state index contributed by atoms with van der Waals surface area (Å²) in [5.41, 5.74) is 1.47. The zero-order valence-electron chi connectivity index (χ0n) is 8.15. The minimum absolute atomic E-state index is 0.458. The highest BCUT2D eigenvalue weighted by atomic mass is 16.5. The molecule has 0 saturated carbocycles. The fraction of sp³-hybridized carbons (Fsp3) is 0.273. The highest BCUT2D eigenvalue weighted by molar-refractivity contribution is 5.79. The lowest BCUT2D eigenvalue weighted by atomic mass is 10.1. The van der Waals surface area contributed by atoms with E-state index in [1.54, 1.807) is 19.1 Å². The minimum Gasteiger partial charge on any atom is -0.475 e. The average Bonchev–Trinajstić information content (AvgIpc) is 2.20. The van der Waals surface area contributed by atoms with Crippen LogP contribution < -0.4 is 4.74 Å². The molecule has 0 spiro atoms. The van der Waals surface area contributed by atoms with Gasteiger partial charge in [-0.05, 0) is 26.0 Å². The predicted octanol–water partition coefficient (Wildman–Crippen LogP) is 2.10. The first-order valence-corrected chi connectivity index (χ1v) is 4.29. The Hall–Kier alpha value is -1.82. The molecule has 0 N–H and O–H groups in total. The Labute approximate surface area is 82.9 Å². The Kier molecular flexibility index (Phi) is 3.24. The van der Waals surface area contributed by atoms with E-state index in [1.165, 1.54) is 0 Å². The largest absolute Gasteiger partial charge is 0.475 e. The molecule has 0 fully saturated rings. The van der Waals surface area contributed by atoms with E-state index in [0.29, 0.717) is 11.3 Å². The summed E-state index contributed by atoms with van der Waals surface area (Å²) in [5, 5.41) is 8.55. The van der Waals surface area contributed by atoms with E-state index in [4.69, 9.17) is 10.00 Å². The highest BCUT2D eigenvalue weighted by Crippen LogP contribution is 2.19. The van der Waals surface area contributed by atoms with Crippen LogP contribution in [0, 0.1) is 18.3 Å². The topological polar surface area (TPSA) is 50.1 Å². The molecule has 1 aromatic carbocycles. The molecule has 0 aliphatic rings. The summed E-state index contributed by atoms with van der Waals surface area (Å²) < 4.78 is 5.25. The fourth-order valence-corrected chi connectivity index (χ4v) is 1.08. The van der Waals surface area contributed by atoms with E-state index in [1.807, 2.05) is 19.1 Å². The van der Waals surface area contributed by atoms with Gasteiger partial charge in [0.15, 0.2) is 12.4 Å². The van der Waals surface area contributed by atoms with Crippen molar-refractivity contribution >= 4 is 6.29 Å². The summed E-state index contributed by atoms with van der Waals surface area (Å²) in [7, 11) is 0. The molecular formula is C11H11NO2. The number of nitrogens with zero attached hydrogens (tertiary/aromatic N) is 1. The third-order valence-electron chi connectivity index (χ3n) is 1.78. The second-order valence-corrected chi connectivity index (χ2v) is 3.05. The predicted molar refractivity (Wildman–Crippen MR) is 52.3 cm³/mol. The molecule has 14 heavy (non-hydrogen) atoms. The molecule has 3 heteroatoms. The first-order chi connectivity index (χ1) is 6.67. The van der Waals surface area contributed by atoms with Crippen molar-refractivity contribution in [3.63, 3.8) is 0 Å². The third kappa shape index (κ3) is 2.33. The molecule has 0 aliphatic carbocycles. The lowest BCUT2D eigenvalue weighted by Crippen LogP contribution is -2.09. The normalized spacial score (nSPS) is 11.5. The van der Waals surface area contributed by atoms with Gasteiger partial charge < -0.3 is 4.74 Å². The number of nitriles is 1. The van der Waals surface area contributed by atoms with Crippen LogP contribution in [0.1, 0.15) is 22.8 Å². The van der Waals surface area contributed by atoms with Gasteiger partial charge in [0.05, 0.1) is 5.56 Å². The van der Waals surface area contributed by atoms with Gasteiger partial charge in [-0.15, -0.1) is 0 Å². The SMILES string of the molecule is Cc1ccc(OC(C)C#N)c(C=O)c1. The summed E-state index contributed by atoms with van der Waals surface area (Å²) in [6, 6.07) is 7.21. The number of aryl methyl sites for hydroxylation is 1. The van der Waals surface area contributed by atoms with Crippen molar-refractivity contribution < 1.29 is 9.53 Å². The summed E-state index contributed by atoms with van der Waals surface area (Å²) >= 11 is 0. The van der Waals surface area contributed by atoms with Crippen molar-refractivity contribution in [2.75, 3.05) is 0 Å². The molecule has 72 valence electrons. The van der Waals surface area contributed by atoms with Gasteiger partial charge in [0, 0.05) is 0 Å². The van der Waals surface area contributed by atoms with Crippen LogP contribution in [0.3, 0.4) is 0 Å². The molecule has 1 rings (SSSR count). The quantitative estimate of drug-likeness (QED) is 0.684. The Morgan fingerprint density at radius 1 is 1.57 bits per heavy atom. The van der Waals surface area contributed by atoms with Crippen LogP contribution in [-0.4, -0.2) is 12.4 Å². The smallest absolute Gasteiger partial charge is 0.181 e. The van der Waals surface area contributed by atoms with Gasteiger partial charge in [-0.2, -0.15) is 5.26 Å². The Morgan fingerprint density at radius 2 is 2.29 bits per heavy atom. The number of hydrogen-bond donors (Lipinski definition) is 0. The standard InChI is InChI=1S/C11H11NO2/c1-8-3-4-11(10(5-8)7-13)14-9(2)6-12/h3-5,7,9H,1-2H3. The van der Waals surface area contributed by atoms with Gasteiger partial charge in [0.2, 0.25) is 0 Å². The van der Waals surface area contributed by atoms with Crippen LogP contribution in [0.5, 0.6) is 5.75 Å². The summed E-state index contributed by atoms with van der Waals surface area (Å²) in [5.74, 6) is 0.458. The Balaban J connectivity index is 2.97. The van der Waals surface area contributed by atoms with E-state index in [-0.39, 0.29) is 0 Å². The summed E-state index contributed by atoms with van der Waals surface area (Å²) in [4.78, 5) is 10.7. The molecule has 0 radical (unpaired) electrons. The number of carbonyl (C=O) groups excluding carboxylic acids is 1. The van der Waals surface area contributed by atoms with Crippen LogP contribution in [0.15, 0.2) is 18.2 Å². The van der Waals surface area contributed by atoms with Crippen molar-refractivity contribution in [1.82, 2.24) is 0 Å². The van der Waals surface area contributed by atoms with E-state index < -0.39 is 6.10 Å². The molecule has 0 amide bonds. The first-order valence-electron chi connectivity index (χ1n) is 4.29. The van der Waals surface area contributed by atoms with Crippen molar-refractivity contribution in [2.45, 2.75) is 20.0 Å². The molecule has 0 aliphatic heterocycles. The molecule has 0 aromatic heterocycles. The van der Waals surface area contributed by atoms with Gasteiger partial charge >= 0.3 is 0 Å². The van der Waals surface area contributed by atoms with Crippen molar-refractivity contribution in [1.29, 1.82) is 5.26 Å². The monoisotopic (exact) mass is 189 g/mol. The lowest BCUT2D eigenvalue weighted by molar-refractivity contribution is 0.111. The van der Waals surface area contributed by atoms with Crippen molar-refractivity contribution in [3.05, 3.63) is 29.3 Å². The molecule has 0 saturated heterocycles. The molecule has 0 heterocycles. The van der Waals surface area contributed by atoms with Gasteiger partial charge in [-0.25, -0.2) is 0 Å². The molecular weight excluding hydrogens is 178 g/mol. The van der Waals surface area contributed by atoms with E-state index in [0.717, 1.165) is 11.8 Å². The van der Waals surface area contributed by atoms with Crippen LogP contribution in [0.25, 0.3) is 0 Å². The summed E-state index contributed by atoms with van der Waals surface area (Å²) in [6.07, 6.45) is 0.184. The lowest BCUT2D eigenvalue weighted by Gasteiger charge is -2.09. The number of aldehydes is 1. The second kappa shape index (κ2) is 4.43. The molecule has 1 atom stereocenters. The van der Waals surface area contributed by atoms with E-state index in [2.05, 4.69) is 0 Å². The van der Waals surface area contributed by atoms with Crippen LogP contribution in [0.2, 0.25) is 0 Å². The minimum atomic E-state index is -0.545. The van der Waals surface area contributed by atoms with Gasteiger partial charge in [0.1, 0.15) is 11.8 Å². The zero-order chi connectivity index (χ0) is 10.6. The average molecular weight is 189 g/mol. The van der Waals surface area contributed by atoms with Crippen molar-refractivity contribution in [3.8, 4) is 11.8 Å². The van der Waals surface area contributed by atoms with Gasteiger partial charge in [-0.1, -0.05) is 11.6 Å². The number of carbonyl (C=O) groups is 1. The maximum Gasteiger partial charge on any atom is 0.181 e. The molecule has 3 nitrogen and oxygen atoms in total. The summed E-state index contributed by atoms with van der Waals surface area (Å²) in [6.45, 7) is 3.53. The van der Waals surface area contributed by atoms with Crippen molar-refractivity contribution in [2.24, 2.45) is 0 Å². The highest BCUT2D eigenvalue weighted by Gasteiger charge is 2.06. The Bertz CT molecular complexity index is 379. The maximum absolute atomic E-state index is 10.7. The Morgan fingerprint density at radius 3 is 2.86 bits per heavy atom. The molecule has 0 bridgehead atoms.